The van der Waals surface area contributed by atoms with Crippen molar-refractivity contribution in [3.8, 4) is 11.5 Å². The van der Waals surface area contributed by atoms with Crippen LogP contribution >= 0.6 is 0 Å². The lowest BCUT2D eigenvalue weighted by atomic mass is 10.1. The standard InChI is InChI=1S/C22H27NO3/c1-3-25-20-11-6-7-12-21(20)26-16-8-13-22(24)23(2)19-15-14-17-9-4-5-10-18(17)19/h4-7,9-12,19H,3,8,13-16H2,1-2H3. The van der Waals surface area contributed by atoms with E-state index in [2.05, 4.69) is 24.3 Å². The lowest BCUT2D eigenvalue weighted by Gasteiger charge is -2.25. The molecule has 0 fully saturated rings. The van der Waals surface area contributed by atoms with Crippen LogP contribution in [0.3, 0.4) is 0 Å². The van der Waals surface area contributed by atoms with Crippen LogP contribution < -0.4 is 9.47 Å². The summed E-state index contributed by atoms with van der Waals surface area (Å²) in [5.41, 5.74) is 2.67. The summed E-state index contributed by atoms with van der Waals surface area (Å²) < 4.78 is 11.4. The molecule has 0 radical (unpaired) electrons. The first-order valence-corrected chi connectivity index (χ1v) is 9.38. The van der Waals surface area contributed by atoms with Gasteiger partial charge < -0.3 is 14.4 Å². The molecule has 1 atom stereocenters. The lowest BCUT2D eigenvalue weighted by Crippen LogP contribution is -2.30. The van der Waals surface area contributed by atoms with E-state index in [-0.39, 0.29) is 11.9 Å². The first-order valence-electron chi connectivity index (χ1n) is 9.38. The molecule has 3 rings (SSSR count). The monoisotopic (exact) mass is 353 g/mol. The fourth-order valence-electron chi connectivity index (χ4n) is 3.54. The van der Waals surface area contributed by atoms with Gasteiger partial charge in [0.25, 0.3) is 0 Å². The summed E-state index contributed by atoms with van der Waals surface area (Å²) in [5, 5.41) is 0. The SMILES string of the molecule is CCOc1ccccc1OCCCC(=O)N(C)C1CCc2ccccc21. The van der Waals surface area contributed by atoms with Crippen LogP contribution in [0.15, 0.2) is 48.5 Å². The maximum Gasteiger partial charge on any atom is 0.222 e. The number of hydrogen-bond acceptors (Lipinski definition) is 3. The predicted molar refractivity (Wildman–Crippen MR) is 103 cm³/mol. The molecule has 0 bridgehead atoms. The molecule has 1 aliphatic rings. The van der Waals surface area contributed by atoms with Gasteiger partial charge in [-0.2, -0.15) is 0 Å². The van der Waals surface area contributed by atoms with E-state index in [4.69, 9.17) is 9.47 Å². The summed E-state index contributed by atoms with van der Waals surface area (Å²) in [5.74, 6) is 1.66. The summed E-state index contributed by atoms with van der Waals surface area (Å²) in [6.45, 7) is 3.06. The number of para-hydroxylation sites is 2. The summed E-state index contributed by atoms with van der Waals surface area (Å²) in [7, 11) is 1.92. The van der Waals surface area contributed by atoms with Crippen molar-refractivity contribution >= 4 is 5.91 Å². The van der Waals surface area contributed by atoms with Gasteiger partial charge in [0.05, 0.1) is 19.3 Å². The van der Waals surface area contributed by atoms with Crippen LogP contribution in [0.5, 0.6) is 11.5 Å². The minimum Gasteiger partial charge on any atom is -0.490 e. The molecule has 0 saturated heterocycles. The molecule has 0 aliphatic heterocycles. The van der Waals surface area contributed by atoms with Gasteiger partial charge in [0, 0.05) is 13.5 Å². The normalized spacial score (nSPS) is 15.4. The number of nitrogens with zero attached hydrogens (tertiary/aromatic N) is 1. The average molecular weight is 353 g/mol. The summed E-state index contributed by atoms with van der Waals surface area (Å²) in [4.78, 5) is 14.5. The Balaban J connectivity index is 1.48. The van der Waals surface area contributed by atoms with E-state index in [1.54, 1.807) is 0 Å². The molecule has 1 aliphatic carbocycles. The smallest absolute Gasteiger partial charge is 0.222 e. The molecule has 0 saturated carbocycles. The number of carbonyl (C=O) groups excluding carboxylic acids is 1. The van der Waals surface area contributed by atoms with Crippen molar-refractivity contribution in [2.24, 2.45) is 0 Å². The van der Waals surface area contributed by atoms with Gasteiger partial charge in [-0.05, 0) is 49.4 Å². The average Bonchev–Trinajstić information content (AvgIpc) is 3.10. The van der Waals surface area contributed by atoms with E-state index in [9.17, 15) is 4.79 Å². The highest BCUT2D eigenvalue weighted by Crippen LogP contribution is 2.35. The van der Waals surface area contributed by atoms with E-state index in [0.29, 0.717) is 26.1 Å². The first kappa shape index (κ1) is 18.3. The number of hydrogen-bond donors (Lipinski definition) is 0. The van der Waals surface area contributed by atoms with Crippen LogP contribution in [0, 0.1) is 0 Å². The van der Waals surface area contributed by atoms with Crippen molar-refractivity contribution in [2.75, 3.05) is 20.3 Å². The molecule has 0 aromatic heterocycles. The molecule has 26 heavy (non-hydrogen) atoms. The topological polar surface area (TPSA) is 38.8 Å². The minimum absolute atomic E-state index is 0.174. The molecular formula is C22H27NO3. The van der Waals surface area contributed by atoms with Gasteiger partial charge in [0.1, 0.15) is 0 Å². The zero-order valence-corrected chi connectivity index (χ0v) is 15.6. The van der Waals surface area contributed by atoms with Crippen LogP contribution in [0.4, 0.5) is 0 Å². The highest BCUT2D eigenvalue weighted by Gasteiger charge is 2.27. The van der Waals surface area contributed by atoms with Gasteiger partial charge >= 0.3 is 0 Å². The van der Waals surface area contributed by atoms with Crippen molar-refractivity contribution in [3.63, 3.8) is 0 Å². The Morgan fingerprint density at radius 2 is 1.77 bits per heavy atom. The molecule has 4 nitrogen and oxygen atoms in total. The molecule has 4 heteroatoms. The quantitative estimate of drug-likeness (QED) is 0.661. The third kappa shape index (κ3) is 4.18. The van der Waals surface area contributed by atoms with E-state index in [0.717, 1.165) is 24.3 Å². The van der Waals surface area contributed by atoms with Crippen LogP contribution in [0.25, 0.3) is 0 Å². The molecule has 2 aromatic carbocycles. The Morgan fingerprint density at radius 1 is 1.08 bits per heavy atom. The van der Waals surface area contributed by atoms with Crippen LogP contribution in [-0.2, 0) is 11.2 Å². The second-order valence-corrected chi connectivity index (χ2v) is 6.59. The maximum atomic E-state index is 12.6. The molecule has 0 spiro atoms. The second-order valence-electron chi connectivity index (χ2n) is 6.59. The zero-order valence-electron chi connectivity index (χ0n) is 15.6. The molecule has 138 valence electrons. The summed E-state index contributed by atoms with van der Waals surface area (Å²) >= 11 is 0. The van der Waals surface area contributed by atoms with Crippen molar-refractivity contribution in [2.45, 2.75) is 38.6 Å². The van der Waals surface area contributed by atoms with Gasteiger partial charge in [-0.15, -0.1) is 0 Å². The summed E-state index contributed by atoms with van der Waals surface area (Å²) in [6, 6.07) is 16.3. The van der Waals surface area contributed by atoms with Gasteiger partial charge in [0.15, 0.2) is 11.5 Å². The van der Waals surface area contributed by atoms with Gasteiger partial charge in [-0.25, -0.2) is 0 Å². The molecule has 1 unspecified atom stereocenters. The Hall–Kier alpha value is -2.49. The number of fused-ring (bicyclic) bond motifs is 1. The summed E-state index contributed by atoms with van der Waals surface area (Å²) in [6.07, 6.45) is 3.25. The van der Waals surface area contributed by atoms with E-state index in [1.807, 2.05) is 43.1 Å². The number of benzene rings is 2. The number of amides is 1. The van der Waals surface area contributed by atoms with Gasteiger partial charge in [-0.3, -0.25) is 4.79 Å². The Kier molecular flexibility index (Phi) is 6.16. The van der Waals surface area contributed by atoms with E-state index in [1.165, 1.54) is 11.1 Å². The third-order valence-electron chi connectivity index (χ3n) is 4.90. The fraction of sp³-hybridized carbons (Fsp3) is 0.409. The highest BCUT2D eigenvalue weighted by atomic mass is 16.5. The third-order valence-corrected chi connectivity index (χ3v) is 4.90. The molecule has 1 amide bonds. The zero-order chi connectivity index (χ0) is 18.4. The van der Waals surface area contributed by atoms with Crippen LogP contribution in [0.2, 0.25) is 0 Å². The molecular weight excluding hydrogens is 326 g/mol. The maximum absolute atomic E-state index is 12.6. The van der Waals surface area contributed by atoms with Gasteiger partial charge in [-0.1, -0.05) is 36.4 Å². The Labute approximate surface area is 155 Å². The van der Waals surface area contributed by atoms with Crippen molar-refractivity contribution in [1.29, 1.82) is 0 Å². The predicted octanol–water partition coefficient (Wildman–Crippen LogP) is 4.39. The minimum atomic E-state index is 0.174. The number of rotatable bonds is 8. The second kappa shape index (κ2) is 8.75. The van der Waals surface area contributed by atoms with Crippen molar-refractivity contribution < 1.29 is 14.3 Å². The van der Waals surface area contributed by atoms with E-state index >= 15 is 0 Å². The number of ether oxygens (including phenoxy) is 2. The highest BCUT2D eigenvalue weighted by molar-refractivity contribution is 5.76. The number of aryl methyl sites for hydroxylation is 1. The Bertz CT molecular complexity index is 744. The Morgan fingerprint density at radius 3 is 2.54 bits per heavy atom. The molecule has 0 N–H and O–H groups in total. The largest absolute Gasteiger partial charge is 0.490 e. The lowest BCUT2D eigenvalue weighted by molar-refractivity contribution is -0.132. The molecule has 0 heterocycles. The molecule has 2 aromatic rings. The van der Waals surface area contributed by atoms with Gasteiger partial charge in [0.2, 0.25) is 5.91 Å². The van der Waals surface area contributed by atoms with Crippen LogP contribution in [-0.4, -0.2) is 31.1 Å². The van der Waals surface area contributed by atoms with E-state index < -0.39 is 0 Å². The van der Waals surface area contributed by atoms with Crippen molar-refractivity contribution in [3.05, 3.63) is 59.7 Å². The number of carbonyl (C=O) groups is 1. The van der Waals surface area contributed by atoms with Crippen LogP contribution in [0.1, 0.15) is 43.4 Å². The van der Waals surface area contributed by atoms with Crippen molar-refractivity contribution in [1.82, 2.24) is 4.90 Å². The first-order chi connectivity index (χ1) is 12.7. The fourth-order valence-corrected chi connectivity index (χ4v) is 3.54.